The zero-order valence-electron chi connectivity index (χ0n) is 12.9. The van der Waals surface area contributed by atoms with Crippen LogP contribution in [0, 0.1) is 0 Å². The van der Waals surface area contributed by atoms with Gasteiger partial charge in [-0.15, -0.1) is 0 Å². The number of nitrogens with one attached hydrogen (secondary N) is 1. The van der Waals surface area contributed by atoms with Gasteiger partial charge in [-0.05, 0) is 31.0 Å². The maximum absolute atomic E-state index is 11.9. The van der Waals surface area contributed by atoms with E-state index in [4.69, 9.17) is 9.47 Å². The molecule has 1 N–H and O–H groups in total. The van der Waals surface area contributed by atoms with Gasteiger partial charge in [-0.1, -0.05) is 6.92 Å². The van der Waals surface area contributed by atoms with Crippen LogP contribution in [0.3, 0.4) is 0 Å². The summed E-state index contributed by atoms with van der Waals surface area (Å²) in [7, 11) is 0. The zero-order valence-corrected chi connectivity index (χ0v) is 12.9. The second-order valence-electron chi connectivity index (χ2n) is 5.48. The summed E-state index contributed by atoms with van der Waals surface area (Å²) >= 11 is 0. The van der Waals surface area contributed by atoms with Gasteiger partial charge in [-0.3, -0.25) is 9.88 Å². The number of hydrogen-bond donors (Lipinski definition) is 1. The zero-order chi connectivity index (χ0) is 16.3. The first-order chi connectivity index (χ1) is 11.1. The molecule has 0 aliphatic carbocycles. The molecule has 0 unspecified atom stereocenters. The van der Waals surface area contributed by atoms with Crippen molar-refractivity contribution in [1.29, 1.82) is 0 Å². The predicted molar refractivity (Wildman–Crippen MR) is 82.5 cm³/mol. The molecule has 1 aromatic heterocycles. The first-order valence-electron chi connectivity index (χ1n) is 7.69. The third-order valence-electron chi connectivity index (χ3n) is 3.87. The highest BCUT2D eigenvalue weighted by Gasteiger charge is 2.46. The van der Waals surface area contributed by atoms with Gasteiger partial charge in [-0.2, -0.15) is 0 Å². The first kappa shape index (κ1) is 15.5. The van der Waals surface area contributed by atoms with Crippen molar-refractivity contribution < 1.29 is 19.1 Å². The Bertz CT molecular complexity index is 624. The van der Waals surface area contributed by atoms with E-state index in [1.165, 1.54) is 0 Å². The van der Waals surface area contributed by atoms with Crippen LogP contribution in [0.25, 0.3) is 0 Å². The number of anilines is 1. The molecule has 0 amide bonds. The molecule has 3 heterocycles. The van der Waals surface area contributed by atoms with Crippen LogP contribution in [0.4, 0.5) is 5.69 Å². The third kappa shape index (κ3) is 3.19. The Labute approximate surface area is 134 Å². The number of carbonyl (C=O) groups is 2. The van der Waals surface area contributed by atoms with Gasteiger partial charge in [0.2, 0.25) is 0 Å². The Morgan fingerprint density at radius 1 is 1.26 bits per heavy atom. The Morgan fingerprint density at radius 3 is 2.70 bits per heavy atom. The number of rotatable bonds is 2. The number of nitrogens with zero attached hydrogens (tertiary/aromatic N) is 2. The van der Waals surface area contributed by atoms with Crippen LogP contribution in [0.1, 0.15) is 18.9 Å². The monoisotopic (exact) mass is 317 g/mol. The fraction of sp³-hybridized carbons (Fsp3) is 0.438. The summed E-state index contributed by atoms with van der Waals surface area (Å²) < 4.78 is 11.0. The molecule has 1 saturated heterocycles. The van der Waals surface area contributed by atoms with E-state index in [-0.39, 0.29) is 6.54 Å². The van der Waals surface area contributed by atoms with Crippen LogP contribution in [0.15, 0.2) is 30.6 Å². The number of carbonyl (C=O) groups excluding carboxylic acids is 2. The molecule has 0 atom stereocenters. The maximum Gasteiger partial charge on any atom is 0.356 e. The van der Waals surface area contributed by atoms with Crippen molar-refractivity contribution >= 4 is 17.6 Å². The molecule has 1 aromatic rings. The van der Waals surface area contributed by atoms with Gasteiger partial charge >= 0.3 is 17.8 Å². The number of esters is 2. The topological polar surface area (TPSA) is 80.8 Å². The SMILES string of the molecule is CCc1cncc(N2CCCNCC23OC(=O)C=CC(=O)O3)c1. The second-order valence-corrected chi connectivity index (χ2v) is 5.48. The molecule has 3 rings (SSSR count). The lowest BCUT2D eigenvalue weighted by molar-refractivity contribution is -0.217. The van der Waals surface area contributed by atoms with E-state index in [1.807, 2.05) is 13.0 Å². The Hall–Kier alpha value is -2.41. The summed E-state index contributed by atoms with van der Waals surface area (Å²) in [6.45, 7) is 3.54. The Morgan fingerprint density at radius 2 is 2.00 bits per heavy atom. The second kappa shape index (κ2) is 6.37. The number of hydrogen-bond acceptors (Lipinski definition) is 7. The molecular formula is C16H19N3O4. The summed E-state index contributed by atoms with van der Waals surface area (Å²) in [6.07, 6.45) is 7.30. The number of aromatic nitrogens is 1. The molecule has 2 aliphatic heterocycles. The van der Waals surface area contributed by atoms with Crippen molar-refractivity contribution in [2.24, 2.45) is 0 Å². The molecular weight excluding hydrogens is 298 g/mol. The molecule has 1 fully saturated rings. The molecule has 7 heteroatoms. The number of aryl methyl sites for hydroxylation is 1. The van der Waals surface area contributed by atoms with Crippen molar-refractivity contribution in [2.45, 2.75) is 25.7 Å². The van der Waals surface area contributed by atoms with Gasteiger partial charge in [-0.25, -0.2) is 9.59 Å². The highest BCUT2D eigenvalue weighted by Crippen LogP contribution is 2.30. The minimum Gasteiger partial charge on any atom is -0.399 e. The lowest BCUT2D eigenvalue weighted by Crippen LogP contribution is -2.58. The van der Waals surface area contributed by atoms with E-state index in [1.54, 1.807) is 17.3 Å². The fourth-order valence-electron chi connectivity index (χ4n) is 2.74. The average Bonchev–Trinajstić information content (AvgIpc) is 2.83. The summed E-state index contributed by atoms with van der Waals surface area (Å²) in [6, 6.07) is 1.97. The van der Waals surface area contributed by atoms with Gasteiger partial charge in [0.05, 0.1) is 18.4 Å². The molecule has 0 aromatic carbocycles. The summed E-state index contributed by atoms with van der Waals surface area (Å²) in [5.41, 5.74) is 1.81. The summed E-state index contributed by atoms with van der Waals surface area (Å²) in [5.74, 6) is -2.71. The van der Waals surface area contributed by atoms with Gasteiger partial charge in [0.25, 0.3) is 0 Å². The van der Waals surface area contributed by atoms with Gasteiger partial charge in [0, 0.05) is 24.9 Å². The van der Waals surface area contributed by atoms with E-state index in [2.05, 4.69) is 10.3 Å². The molecule has 122 valence electrons. The Kier molecular flexibility index (Phi) is 4.29. The molecule has 0 bridgehead atoms. The van der Waals surface area contributed by atoms with Crippen LogP contribution >= 0.6 is 0 Å². The predicted octanol–water partition coefficient (Wildman–Crippen LogP) is 0.754. The smallest absolute Gasteiger partial charge is 0.356 e. The largest absolute Gasteiger partial charge is 0.399 e. The van der Waals surface area contributed by atoms with Crippen molar-refractivity contribution in [3.8, 4) is 0 Å². The van der Waals surface area contributed by atoms with E-state index in [0.29, 0.717) is 6.54 Å². The van der Waals surface area contributed by atoms with Crippen LogP contribution in [-0.2, 0) is 25.5 Å². The highest BCUT2D eigenvalue weighted by molar-refractivity contribution is 5.93. The highest BCUT2D eigenvalue weighted by atomic mass is 16.8. The maximum atomic E-state index is 11.9. The van der Waals surface area contributed by atoms with Crippen LogP contribution in [-0.4, -0.2) is 42.5 Å². The first-order valence-corrected chi connectivity index (χ1v) is 7.69. The molecule has 2 aliphatic rings. The van der Waals surface area contributed by atoms with E-state index >= 15 is 0 Å². The van der Waals surface area contributed by atoms with E-state index in [0.717, 1.165) is 42.8 Å². The number of ether oxygens (including phenoxy) is 2. The fourth-order valence-corrected chi connectivity index (χ4v) is 2.74. The minimum atomic E-state index is -1.50. The standard InChI is InChI=1S/C16H19N3O4/c1-2-12-8-13(10-18-9-12)19-7-3-6-17-11-16(19)22-14(20)4-5-15(21)23-16/h4-5,8-10,17H,2-3,6-7,11H2,1H3. The summed E-state index contributed by atoms with van der Waals surface area (Å²) in [5, 5.41) is 3.16. The van der Waals surface area contributed by atoms with E-state index in [9.17, 15) is 9.59 Å². The minimum absolute atomic E-state index is 0.197. The summed E-state index contributed by atoms with van der Waals surface area (Å²) in [4.78, 5) is 29.8. The van der Waals surface area contributed by atoms with Crippen molar-refractivity contribution in [3.05, 3.63) is 36.2 Å². The normalized spacial score (nSPS) is 20.7. The molecule has 7 nitrogen and oxygen atoms in total. The Balaban J connectivity index is 2.03. The van der Waals surface area contributed by atoms with Crippen molar-refractivity contribution in [1.82, 2.24) is 10.3 Å². The quantitative estimate of drug-likeness (QED) is 0.806. The van der Waals surface area contributed by atoms with Gasteiger partial charge < -0.3 is 14.8 Å². The van der Waals surface area contributed by atoms with Gasteiger partial charge in [0.15, 0.2) is 0 Å². The lowest BCUT2D eigenvalue weighted by atomic mass is 10.2. The molecule has 1 spiro atoms. The van der Waals surface area contributed by atoms with Crippen molar-refractivity contribution in [2.75, 3.05) is 24.5 Å². The van der Waals surface area contributed by atoms with Gasteiger partial charge in [0.1, 0.15) is 0 Å². The van der Waals surface area contributed by atoms with Crippen LogP contribution < -0.4 is 10.2 Å². The lowest BCUT2D eigenvalue weighted by Gasteiger charge is -2.40. The molecule has 0 saturated carbocycles. The van der Waals surface area contributed by atoms with Crippen molar-refractivity contribution in [3.63, 3.8) is 0 Å². The third-order valence-corrected chi connectivity index (χ3v) is 3.87. The van der Waals surface area contributed by atoms with E-state index < -0.39 is 17.8 Å². The molecule has 0 radical (unpaired) electrons. The average molecular weight is 317 g/mol. The van der Waals surface area contributed by atoms with Crippen LogP contribution in [0.5, 0.6) is 0 Å². The van der Waals surface area contributed by atoms with Crippen LogP contribution in [0.2, 0.25) is 0 Å². The number of pyridine rings is 1. The molecule has 23 heavy (non-hydrogen) atoms.